The Kier molecular flexibility index (Phi) is 4.22. The Balaban J connectivity index is 1.79. The van der Waals surface area contributed by atoms with Crippen LogP contribution in [0.4, 0.5) is 0 Å². The van der Waals surface area contributed by atoms with Crippen molar-refractivity contribution in [1.29, 1.82) is 0 Å². The lowest BCUT2D eigenvalue weighted by molar-refractivity contribution is 0.0959. The van der Waals surface area contributed by atoms with Crippen molar-refractivity contribution in [1.82, 2.24) is 5.43 Å². The van der Waals surface area contributed by atoms with Gasteiger partial charge in [-0.1, -0.05) is 54.1 Å². The quantitative estimate of drug-likeness (QED) is 0.553. The van der Waals surface area contributed by atoms with Crippen molar-refractivity contribution in [2.24, 2.45) is 5.10 Å². The maximum absolute atomic E-state index is 12.2. The highest BCUT2D eigenvalue weighted by atomic mass is 35.5. The highest BCUT2D eigenvalue weighted by Crippen LogP contribution is 2.34. The summed E-state index contributed by atoms with van der Waals surface area (Å²) >= 11 is 7.63. The molecule has 0 bridgehead atoms. The second-order valence-electron chi connectivity index (χ2n) is 4.80. The molecule has 0 atom stereocenters. The number of benzene rings is 2. The molecule has 0 saturated heterocycles. The highest BCUT2D eigenvalue weighted by molar-refractivity contribution is 7.21. The zero-order valence-corrected chi connectivity index (χ0v) is 13.4. The number of aryl methyl sites for hydroxylation is 1. The van der Waals surface area contributed by atoms with Crippen LogP contribution < -0.4 is 5.43 Å². The number of amides is 1. The van der Waals surface area contributed by atoms with Gasteiger partial charge in [-0.15, -0.1) is 11.3 Å². The minimum Gasteiger partial charge on any atom is -0.266 e. The van der Waals surface area contributed by atoms with Gasteiger partial charge in [-0.3, -0.25) is 4.79 Å². The van der Waals surface area contributed by atoms with E-state index in [1.54, 1.807) is 6.21 Å². The molecule has 1 heterocycles. The van der Waals surface area contributed by atoms with Gasteiger partial charge in [0.15, 0.2) is 0 Å². The van der Waals surface area contributed by atoms with Crippen molar-refractivity contribution in [3.05, 3.63) is 69.6 Å². The van der Waals surface area contributed by atoms with Crippen LogP contribution in [0.25, 0.3) is 10.1 Å². The van der Waals surface area contributed by atoms with Gasteiger partial charge in [-0.05, 0) is 24.1 Å². The van der Waals surface area contributed by atoms with Crippen LogP contribution in [0.5, 0.6) is 0 Å². The third-order valence-corrected chi connectivity index (χ3v) is 4.97. The molecule has 1 N–H and O–H groups in total. The summed E-state index contributed by atoms with van der Waals surface area (Å²) in [7, 11) is 0. The Hall–Kier alpha value is -2.17. The SMILES string of the molecule is Cc1ccccc1C=NNC(=O)c1sc2ccccc2c1Cl. The van der Waals surface area contributed by atoms with E-state index in [1.165, 1.54) is 11.3 Å². The van der Waals surface area contributed by atoms with Crippen molar-refractivity contribution in [3.8, 4) is 0 Å². The molecule has 3 rings (SSSR count). The number of carbonyl (C=O) groups excluding carboxylic acids is 1. The summed E-state index contributed by atoms with van der Waals surface area (Å²) in [4.78, 5) is 12.7. The van der Waals surface area contributed by atoms with Gasteiger partial charge in [-0.25, -0.2) is 5.43 Å². The first-order valence-corrected chi connectivity index (χ1v) is 7.92. The topological polar surface area (TPSA) is 41.5 Å². The Bertz CT molecular complexity index is 870. The largest absolute Gasteiger partial charge is 0.283 e. The summed E-state index contributed by atoms with van der Waals surface area (Å²) in [5, 5.41) is 5.38. The molecule has 3 nitrogen and oxygen atoms in total. The van der Waals surface area contributed by atoms with E-state index < -0.39 is 0 Å². The fourth-order valence-corrected chi connectivity index (χ4v) is 3.51. The van der Waals surface area contributed by atoms with E-state index in [0.717, 1.165) is 21.2 Å². The molecule has 5 heteroatoms. The maximum atomic E-state index is 12.2. The van der Waals surface area contributed by atoms with E-state index in [0.29, 0.717) is 9.90 Å². The average Bonchev–Trinajstić information content (AvgIpc) is 2.87. The summed E-state index contributed by atoms with van der Waals surface area (Å²) in [6.07, 6.45) is 1.63. The minimum atomic E-state index is -0.295. The third-order valence-electron chi connectivity index (χ3n) is 3.30. The summed E-state index contributed by atoms with van der Waals surface area (Å²) in [5.41, 5.74) is 4.59. The van der Waals surface area contributed by atoms with E-state index in [1.807, 2.05) is 55.5 Å². The summed E-state index contributed by atoms with van der Waals surface area (Å²) < 4.78 is 0.987. The Labute approximate surface area is 137 Å². The molecular weight excluding hydrogens is 316 g/mol. The lowest BCUT2D eigenvalue weighted by Gasteiger charge is -1.99. The Morgan fingerprint density at radius 2 is 1.91 bits per heavy atom. The van der Waals surface area contributed by atoms with Gasteiger partial charge in [0.05, 0.1) is 11.2 Å². The molecule has 3 aromatic rings. The third kappa shape index (κ3) is 2.89. The number of hydrazone groups is 1. The highest BCUT2D eigenvalue weighted by Gasteiger charge is 2.16. The predicted octanol–water partition coefficient (Wildman–Crippen LogP) is 4.63. The molecule has 2 aromatic carbocycles. The number of nitrogens with one attached hydrogen (secondary N) is 1. The normalized spacial score (nSPS) is 11.2. The molecule has 1 amide bonds. The number of fused-ring (bicyclic) bond motifs is 1. The first kappa shape index (κ1) is 14.8. The lowest BCUT2D eigenvalue weighted by Crippen LogP contribution is -2.16. The number of nitrogens with zero attached hydrogens (tertiary/aromatic N) is 1. The molecule has 0 radical (unpaired) electrons. The molecular formula is C17H13ClN2OS. The van der Waals surface area contributed by atoms with E-state index in [4.69, 9.17) is 11.6 Å². The molecule has 0 fully saturated rings. The number of hydrogen-bond donors (Lipinski definition) is 1. The van der Waals surface area contributed by atoms with Gasteiger partial charge in [0, 0.05) is 10.1 Å². The van der Waals surface area contributed by atoms with Gasteiger partial charge in [0.1, 0.15) is 4.88 Å². The molecule has 110 valence electrons. The Morgan fingerprint density at radius 3 is 2.68 bits per heavy atom. The minimum absolute atomic E-state index is 0.295. The van der Waals surface area contributed by atoms with E-state index in [-0.39, 0.29) is 5.91 Å². The van der Waals surface area contributed by atoms with Crippen LogP contribution in [-0.2, 0) is 0 Å². The monoisotopic (exact) mass is 328 g/mol. The molecule has 0 spiro atoms. The van der Waals surface area contributed by atoms with Crippen LogP contribution in [0, 0.1) is 6.92 Å². The molecule has 0 saturated carbocycles. The van der Waals surface area contributed by atoms with Crippen LogP contribution in [0.1, 0.15) is 20.8 Å². The van der Waals surface area contributed by atoms with Crippen LogP contribution in [0.15, 0.2) is 53.6 Å². The number of thiophene rings is 1. The number of halogens is 1. The second-order valence-corrected chi connectivity index (χ2v) is 6.23. The predicted molar refractivity (Wildman–Crippen MR) is 93.1 cm³/mol. The summed E-state index contributed by atoms with van der Waals surface area (Å²) in [5.74, 6) is -0.295. The molecule has 0 aliphatic heterocycles. The van der Waals surface area contributed by atoms with Gasteiger partial charge in [0.25, 0.3) is 5.91 Å². The fourth-order valence-electron chi connectivity index (χ4n) is 2.10. The van der Waals surface area contributed by atoms with Crippen molar-refractivity contribution in [2.75, 3.05) is 0 Å². The van der Waals surface area contributed by atoms with Crippen LogP contribution in [0.2, 0.25) is 5.02 Å². The fraction of sp³-hybridized carbons (Fsp3) is 0.0588. The van der Waals surface area contributed by atoms with E-state index in [2.05, 4.69) is 10.5 Å². The number of hydrogen-bond acceptors (Lipinski definition) is 3. The van der Waals surface area contributed by atoms with Gasteiger partial charge < -0.3 is 0 Å². The lowest BCUT2D eigenvalue weighted by atomic mass is 10.1. The van der Waals surface area contributed by atoms with Crippen molar-refractivity contribution < 1.29 is 4.79 Å². The zero-order chi connectivity index (χ0) is 15.5. The molecule has 1 aromatic heterocycles. The number of rotatable bonds is 3. The van der Waals surface area contributed by atoms with Crippen LogP contribution in [0.3, 0.4) is 0 Å². The van der Waals surface area contributed by atoms with Gasteiger partial charge in [-0.2, -0.15) is 5.10 Å². The number of carbonyl (C=O) groups is 1. The first-order chi connectivity index (χ1) is 10.7. The van der Waals surface area contributed by atoms with E-state index in [9.17, 15) is 4.79 Å². The van der Waals surface area contributed by atoms with Crippen molar-refractivity contribution >= 4 is 45.1 Å². The maximum Gasteiger partial charge on any atom is 0.283 e. The zero-order valence-electron chi connectivity index (χ0n) is 11.8. The van der Waals surface area contributed by atoms with Crippen molar-refractivity contribution in [2.45, 2.75) is 6.92 Å². The molecule has 0 aliphatic rings. The second kappa shape index (κ2) is 6.30. The molecule has 22 heavy (non-hydrogen) atoms. The van der Waals surface area contributed by atoms with Gasteiger partial charge in [0.2, 0.25) is 0 Å². The smallest absolute Gasteiger partial charge is 0.266 e. The molecule has 0 unspecified atom stereocenters. The standard InChI is InChI=1S/C17H13ClN2OS/c1-11-6-2-3-7-12(11)10-19-20-17(21)16-15(18)13-8-4-5-9-14(13)22-16/h2-10H,1H3,(H,20,21). The van der Waals surface area contributed by atoms with E-state index >= 15 is 0 Å². The first-order valence-electron chi connectivity index (χ1n) is 6.73. The van der Waals surface area contributed by atoms with Crippen molar-refractivity contribution in [3.63, 3.8) is 0 Å². The van der Waals surface area contributed by atoms with Gasteiger partial charge >= 0.3 is 0 Å². The summed E-state index contributed by atoms with van der Waals surface area (Å²) in [6.45, 7) is 1.99. The van der Waals surface area contributed by atoms with Crippen LogP contribution >= 0.6 is 22.9 Å². The van der Waals surface area contributed by atoms with Crippen LogP contribution in [-0.4, -0.2) is 12.1 Å². The Morgan fingerprint density at radius 1 is 1.18 bits per heavy atom. The molecule has 0 aliphatic carbocycles. The summed E-state index contributed by atoms with van der Waals surface area (Å²) in [6, 6.07) is 15.5. The average molecular weight is 329 g/mol.